The zero-order valence-electron chi connectivity index (χ0n) is 14.4. The highest BCUT2D eigenvalue weighted by molar-refractivity contribution is 6.21. The molecule has 0 bridgehead atoms. The highest BCUT2D eigenvalue weighted by Gasteiger charge is 2.44. The number of hydrogen-bond donors (Lipinski definition) is 1. The van der Waals surface area contributed by atoms with Gasteiger partial charge in [0.25, 0.3) is 0 Å². The molecule has 0 saturated heterocycles. The number of allylic oxidation sites excluding steroid dienone is 5. The van der Waals surface area contributed by atoms with E-state index >= 15 is 0 Å². The second kappa shape index (κ2) is 10.0. The summed E-state index contributed by atoms with van der Waals surface area (Å²) in [7, 11) is 0. The molecule has 1 aliphatic heterocycles. The number of cyclic esters (lactones) is 1. The Bertz CT molecular complexity index is 483. The molecule has 0 amide bonds. The maximum absolute atomic E-state index is 12.1. The molecule has 1 saturated carbocycles. The van der Waals surface area contributed by atoms with Crippen LogP contribution in [0.15, 0.2) is 36.5 Å². The summed E-state index contributed by atoms with van der Waals surface area (Å²) in [6.07, 6.45) is 17.2. The minimum atomic E-state index is -0.577. The first-order valence-corrected chi connectivity index (χ1v) is 9.55. The third-order valence-electron chi connectivity index (χ3n) is 4.91. The van der Waals surface area contributed by atoms with Crippen molar-refractivity contribution in [3.05, 3.63) is 36.5 Å². The fraction of sp³-hybridized carbons (Fsp3) is 0.650. The van der Waals surface area contributed by atoms with Crippen molar-refractivity contribution in [2.45, 2.75) is 69.5 Å². The Labute approximate surface area is 150 Å². The fourth-order valence-electron chi connectivity index (χ4n) is 3.57. The smallest absolute Gasteiger partial charge is 0.306 e. The van der Waals surface area contributed by atoms with Gasteiger partial charge in [0, 0.05) is 18.3 Å². The van der Waals surface area contributed by atoms with Crippen LogP contribution >= 0.6 is 11.6 Å². The average molecular weight is 353 g/mol. The molecule has 1 heterocycles. The van der Waals surface area contributed by atoms with E-state index in [0.717, 1.165) is 32.1 Å². The largest absolute Gasteiger partial charge is 0.462 e. The predicted octanol–water partition coefficient (Wildman–Crippen LogP) is 4.55. The Morgan fingerprint density at radius 2 is 1.92 bits per heavy atom. The van der Waals surface area contributed by atoms with E-state index < -0.39 is 6.10 Å². The van der Waals surface area contributed by atoms with E-state index in [-0.39, 0.29) is 29.3 Å². The molecule has 2 aliphatic rings. The third-order valence-corrected chi connectivity index (χ3v) is 5.34. The molecule has 3 nitrogen and oxygen atoms in total. The molecule has 5 atom stereocenters. The van der Waals surface area contributed by atoms with Crippen molar-refractivity contribution < 1.29 is 14.6 Å². The molecule has 0 aromatic rings. The van der Waals surface area contributed by atoms with Crippen LogP contribution in [-0.2, 0) is 9.53 Å². The van der Waals surface area contributed by atoms with Gasteiger partial charge in [-0.2, -0.15) is 0 Å². The lowest BCUT2D eigenvalue weighted by Gasteiger charge is -2.27. The van der Waals surface area contributed by atoms with E-state index in [1.807, 2.05) is 6.92 Å². The number of alkyl halides is 1. The number of fused-ring (bicyclic) bond motifs is 1. The number of aliphatic hydroxyl groups is 1. The van der Waals surface area contributed by atoms with Crippen LogP contribution in [0.2, 0.25) is 0 Å². The predicted molar refractivity (Wildman–Crippen MR) is 97.9 cm³/mol. The summed E-state index contributed by atoms with van der Waals surface area (Å²) in [4.78, 5) is 12.1. The molecule has 0 unspecified atom stereocenters. The van der Waals surface area contributed by atoms with Crippen molar-refractivity contribution in [1.82, 2.24) is 0 Å². The molecular formula is C20H29ClO3. The normalized spacial score (nSPS) is 39.6. The molecule has 134 valence electrons. The van der Waals surface area contributed by atoms with Crippen molar-refractivity contribution in [1.29, 1.82) is 0 Å². The molecule has 4 heteroatoms. The van der Waals surface area contributed by atoms with Crippen molar-refractivity contribution >= 4 is 17.6 Å². The van der Waals surface area contributed by atoms with Crippen molar-refractivity contribution in [2.75, 3.05) is 0 Å². The van der Waals surface area contributed by atoms with E-state index in [2.05, 4.69) is 36.5 Å². The topological polar surface area (TPSA) is 46.5 Å². The number of hydrogen-bond acceptors (Lipinski definition) is 3. The maximum atomic E-state index is 12.1. The number of aliphatic hydroxyl groups excluding tert-OH is 1. The summed E-state index contributed by atoms with van der Waals surface area (Å²) < 4.78 is 5.73. The van der Waals surface area contributed by atoms with Crippen molar-refractivity contribution in [3.63, 3.8) is 0 Å². The SMILES string of the molecule is CC[C@@H]1OC(=O)CCC/C=C\C/C=C\C/C=C\[C@H]2[C@@H](O)[C@H](Cl)C[C@H]21. The van der Waals surface area contributed by atoms with Crippen molar-refractivity contribution in [3.8, 4) is 0 Å². The van der Waals surface area contributed by atoms with E-state index in [9.17, 15) is 9.90 Å². The summed E-state index contributed by atoms with van der Waals surface area (Å²) in [5.74, 6) is -0.103. The van der Waals surface area contributed by atoms with Gasteiger partial charge in [0.2, 0.25) is 0 Å². The lowest BCUT2D eigenvalue weighted by Crippen LogP contribution is -2.31. The van der Waals surface area contributed by atoms with Gasteiger partial charge in [-0.3, -0.25) is 4.79 Å². The second-order valence-electron chi connectivity index (χ2n) is 6.65. The quantitative estimate of drug-likeness (QED) is 0.428. The first-order valence-electron chi connectivity index (χ1n) is 9.11. The van der Waals surface area contributed by atoms with E-state index in [4.69, 9.17) is 16.3 Å². The van der Waals surface area contributed by atoms with Crippen LogP contribution in [0.5, 0.6) is 0 Å². The van der Waals surface area contributed by atoms with Gasteiger partial charge in [-0.1, -0.05) is 43.4 Å². The van der Waals surface area contributed by atoms with Gasteiger partial charge in [0.1, 0.15) is 6.10 Å². The van der Waals surface area contributed by atoms with E-state index in [1.165, 1.54) is 0 Å². The fourth-order valence-corrected chi connectivity index (χ4v) is 3.95. The lowest BCUT2D eigenvalue weighted by molar-refractivity contribution is -0.153. The Kier molecular flexibility index (Phi) is 8.07. The molecule has 1 fully saturated rings. The Morgan fingerprint density at radius 3 is 2.67 bits per heavy atom. The van der Waals surface area contributed by atoms with Crippen LogP contribution in [-0.4, -0.2) is 28.7 Å². The first kappa shape index (κ1) is 19.3. The average Bonchev–Trinajstić information content (AvgIpc) is 2.84. The van der Waals surface area contributed by atoms with Crippen LogP contribution in [0, 0.1) is 11.8 Å². The molecule has 0 aromatic carbocycles. The summed E-state index contributed by atoms with van der Waals surface area (Å²) >= 11 is 6.30. The second-order valence-corrected chi connectivity index (χ2v) is 7.22. The van der Waals surface area contributed by atoms with Gasteiger partial charge in [-0.05, 0) is 38.5 Å². The molecule has 1 N–H and O–H groups in total. The third kappa shape index (κ3) is 5.49. The summed E-state index contributed by atoms with van der Waals surface area (Å²) in [6, 6.07) is 0. The van der Waals surface area contributed by atoms with Gasteiger partial charge in [0.05, 0.1) is 11.5 Å². The number of halogens is 1. The summed E-state index contributed by atoms with van der Waals surface area (Å²) in [5, 5.41) is 10.1. The number of rotatable bonds is 1. The number of carbonyl (C=O) groups is 1. The standard InChI is InChI=1S/C20H29ClO3/c1-2-18-16-14-17(21)20(23)15(16)12-10-8-6-4-3-5-7-9-11-13-19(22)24-18/h4-7,10,12,15-18,20,23H,2-3,8-9,11,13-14H2,1H3/b6-4-,7-5-,12-10-/t15-,16-,17-,18+,20-/m1/s1. The lowest BCUT2D eigenvalue weighted by atomic mass is 9.88. The van der Waals surface area contributed by atoms with Crippen LogP contribution in [0.4, 0.5) is 0 Å². The first-order chi connectivity index (χ1) is 11.6. The maximum Gasteiger partial charge on any atom is 0.306 e. The Balaban J connectivity index is 2.14. The van der Waals surface area contributed by atoms with E-state index in [1.54, 1.807) is 0 Å². The number of ether oxygens (including phenoxy) is 1. The van der Waals surface area contributed by atoms with Crippen LogP contribution in [0.25, 0.3) is 0 Å². The highest BCUT2D eigenvalue weighted by Crippen LogP contribution is 2.40. The van der Waals surface area contributed by atoms with Gasteiger partial charge in [0.15, 0.2) is 0 Å². The van der Waals surface area contributed by atoms with Crippen LogP contribution in [0.3, 0.4) is 0 Å². The molecular weight excluding hydrogens is 324 g/mol. The van der Waals surface area contributed by atoms with Gasteiger partial charge in [-0.25, -0.2) is 0 Å². The van der Waals surface area contributed by atoms with Gasteiger partial charge in [-0.15, -0.1) is 11.6 Å². The minimum absolute atomic E-state index is 0.0496. The monoisotopic (exact) mass is 352 g/mol. The van der Waals surface area contributed by atoms with Gasteiger partial charge >= 0.3 is 5.97 Å². The van der Waals surface area contributed by atoms with Gasteiger partial charge < -0.3 is 9.84 Å². The molecule has 0 aromatic heterocycles. The number of esters is 1. The molecule has 0 spiro atoms. The summed E-state index contributed by atoms with van der Waals surface area (Å²) in [6.45, 7) is 2.02. The van der Waals surface area contributed by atoms with Crippen LogP contribution in [0.1, 0.15) is 51.9 Å². The zero-order chi connectivity index (χ0) is 17.4. The Hall–Kier alpha value is -1.06. The Morgan fingerprint density at radius 1 is 1.21 bits per heavy atom. The van der Waals surface area contributed by atoms with E-state index in [0.29, 0.717) is 12.8 Å². The molecule has 1 aliphatic carbocycles. The highest BCUT2D eigenvalue weighted by atomic mass is 35.5. The molecule has 0 radical (unpaired) electrons. The minimum Gasteiger partial charge on any atom is -0.462 e. The zero-order valence-corrected chi connectivity index (χ0v) is 15.2. The number of carbonyl (C=O) groups excluding carboxylic acids is 1. The summed E-state index contributed by atoms with van der Waals surface area (Å²) in [5.41, 5.74) is 0. The van der Waals surface area contributed by atoms with Crippen LogP contribution < -0.4 is 0 Å². The van der Waals surface area contributed by atoms with Crippen molar-refractivity contribution in [2.24, 2.45) is 11.8 Å². The molecule has 2 rings (SSSR count). The molecule has 24 heavy (non-hydrogen) atoms.